The maximum absolute atomic E-state index is 13.2. The van der Waals surface area contributed by atoms with E-state index in [0.29, 0.717) is 29.2 Å². The minimum atomic E-state index is -0.916. The normalized spacial score (nSPS) is 15.3. The number of nitrogens with one attached hydrogen (secondary N) is 1. The molecule has 1 aromatic heterocycles. The highest BCUT2D eigenvalue weighted by Crippen LogP contribution is 2.42. The fourth-order valence-electron chi connectivity index (χ4n) is 2.70. The largest absolute Gasteiger partial charge is 0.468 e. The minimum absolute atomic E-state index is 0.167. The number of benzene rings is 1. The van der Waals surface area contributed by atoms with E-state index in [0.717, 1.165) is 25.0 Å². The van der Waals surface area contributed by atoms with Crippen molar-refractivity contribution >= 4 is 5.91 Å². The Labute approximate surface area is 138 Å². The maximum atomic E-state index is 13.2. The van der Waals surface area contributed by atoms with Gasteiger partial charge in [0.1, 0.15) is 5.76 Å². The minimum Gasteiger partial charge on any atom is -0.468 e. The number of halogens is 2. The highest BCUT2D eigenvalue weighted by Gasteiger charge is 2.31. The molecule has 1 aliphatic rings. The molecule has 0 spiro atoms. The Morgan fingerprint density at radius 1 is 1.29 bits per heavy atom. The monoisotopic (exact) mass is 335 g/mol. The van der Waals surface area contributed by atoms with Gasteiger partial charge in [-0.15, -0.1) is 0 Å². The van der Waals surface area contributed by atoms with Gasteiger partial charge >= 0.3 is 0 Å². The summed E-state index contributed by atoms with van der Waals surface area (Å²) < 4.78 is 31.6. The van der Waals surface area contributed by atoms with Crippen molar-refractivity contribution in [2.75, 3.05) is 13.2 Å². The van der Waals surface area contributed by atoms with Crippen LogP contribution in [-0.4, -0.2) is 24.2 Å². The third-order valence-corrected chi connectivity index (χ3v) is 4.21. The van der Waals surface area contributed by atoms with Crippen molar-refractivity contribution in [1.82, 2.24) is 5.32 Å². The first-order chi connectivity index (χ1) is 11.6. The Hall–Kier alpha value is -2.21. The first-order valence-electron chi connectivity index (χ1n) is 7.99. The van der Waals surface area contributed by atoms with Gasteiger partial charge in [0.05, 0.1) is 11.8 Å². The molecule has 1 aromatic carbocycles. The van der Waals surface area contributed by atoms with Gasteiger partial charge in [-0.05, 0) is 43.0 Å². The van der Waals surface area contributed by atoms with Gasteiger partial charge in [0.2, 0.25) is 0 Å². The van der Waals surface area contributed by atoms with Crippen molar-refractivity contribution in [3.63, 3.8) is 0 Å². The summed E-state index contributed by atoms with van der Waals surface area (Å²) in [6, 6.07) is 5.29. The van der Waals surface area contributed by atoms with Crippen LogP contribution in [0.3, 0.4) is 0 Å². The van der Waals surface area contributed by atoms with E-state index in [1.807, 2.05) is 0 Å². The second kappa shape index (κ2) is 7.13. The number of hydrogen-bond donors (Lipinski definition) is 2. The summed E-state index contributed by atoms with van der Waals surface area (Å²) in [7, 11) is 0. The van der Waals surface area contributed by atoms with Gasteiger partial charge < -0.3 is 14.8 Å². The number of furan rings is 1. The number of amides is 1. The molecule has 2 aromatic rings. The van der Waals surface area contributed by atoms with Crippen molar-refractivity contribution < 1.29 is 23.1 Å². The van der Waals surface area contributed by atoms with Gasteiger partial charge in [-0.25, -0.2) is 8.78 Å². The lowest BCUT2D eigenvalue weighted by molar-refractivity contribution is 0.0938. The Morgan fingerprint density at radius 2 is 2.08 bits per heavy atom. The smallest absolute Gasteiger partial charge is 0.254 e. The van der Waals surface area contributed by atoms with Crippen molar-refractivity contribution in [2.24, 2.45) is 5.92 Å². The third-order valence-electron chi connectivity index (χ3n) is 4.21. The number of carbonyl (C=O) groups is 1. The van der Waals surface area contributed by atoms with Crippen LogP contribution in [0.1, 0.15) is 40.4 Å². The lowest BCUT2D eigenvalue weighted by Gasteiger charge is -2.15. The lowest BCUT2D eigenvalue weighted by Crippen LogP contribution is -2.32. The van der Waals surface area contributed by atoms with E-state index in [1.54, 1.807) is 6.07 Å². The molecule has 6 heteroatoms. The van der Waals surface area contributed by atoms with Crippen LogP contribution in [0.25, 0.3) is 0 Å². The second-order valence-electron chi connectivity index (χ2n) is 6.18. The summed E-state index contributed by atoms with van der Waals surface area (Å²) >= 11 is 0. The molecule has 0 bridgehead atoms. The van der Waals surface area contributed by atoms with Gasteiger partial charge in [-0.2, -0.15) is 0 Å². The summed E-state index contributed by atoms with van der Waals surface area (Å²) in [5.74, 6) is -1.30. The molecule has 4 nitrogen and oxygen atoms in total. The first kappa shape index (κ1) is 16.6. The van der Waals surface area contributed by atoms with Gasteiger partial charge in [0.25, 0.3) is 5.91 Å². The van der Waals surface area contributed by atoms with Crippen LogP contribution in [0.2, 0.25) is 0 Å². The highest BCUT2D eigenvalue weighted by atomic mass is 19.2. The van der Waals surface area contributed by atoms with Crippen LogP contribution in [0, 0.1) is 17.6 Å². The molecule has 1 saturated carbocycles. The maximum Gasteiger partial charge on any atom is 0.254 e. The van der Waals surface area contributed by atoms with Crippen molar-refractivity contribution in [3.05, 3.63) is 59.1 Å². The van der Waals surface area contributed by atoms with Crippen LogP contribution in [0.5, 0.6) is 0 Å². The fourth-order valence-corrected chi connectivity index (χ4v) is 2.70. The number of aliphatic hydroxyl groups excluding tert-OH is 1. The molecule has 3 rings (SSSR count). The predicted molar refractivity (Wildman–Crippen MR) is 83.7 cm³/mol. The first-order valence-corrected chi connectivity index (χ1v) is 7.99. The fraction of sp³-hybridized carbons (Fsp3) is 0.389. The van der Waals surface area contributed by atoms with Crippen LogP contribution in [0.4, 0.5) is 8.78 Å². The SMILES string of the molecule is O=C(NCC(CO)Cc1ccc(F)c(F)c1)c1ccoc1C1CC1. The molecule has 24 heavy (non-hydrogen) atoms. The van der Waals surface area contributed by atoms with Gasteiger partial charge in [-0.3, -0.25) is 4.79 Å². The summed E-state index contributed by atoms with van der Waals surface area (Å²) in [5, 5.41) is 12.2. The molecule has 1 heterocycles. The molecule has 0 aliphatic heterocycles. The predicted octanol–water partition coefficient (Wildman–Crippen LogP) is 3.02. The zero-order valence-electron chi connectivity index (χ0n) is 13.1. The molecule has 0 saturated heterocycles. The second-order valence-corrected chi connectivity index (χ2v) is 6.18. The van der Waals surface area contributed by atoms with Crippen LogP contribution in [-0.2, 0) is 6.42 Å². The molecule has 2 N–H and O–H groups in total. The zero-order chi connectivity index (χ0) is 17.1. The van der Waals surface area contributed by atoms with E-state index in [1.165, 1.54) is 12.3 Å². The Morgan fingerprint density at radius 3 is 2.75 bits per heavy atom. The number of hydrogen-bond acceptors (Lipinski definition) is 3. The van der Waals surface area contributed by atoms with Crippen molar-refractivity contribution in [3.8, 4) is 0 Å². The highest BCUT2D eigenvalue weighted by molar-refractivity contribution is 5.95. The molecular formula is C18H19F2NO3. The standard InChI is InChI=1S/C18H19F2NO3/c19-15-4-1-11(8-16(15)20)7-12(10-22)9-21-18(23)14-5-6-24-17(14)13-2-3-13/h1,4-6,8,12-13,22H,2-3,7,9-10H2,(H,21,23). The Bertz CT molecular complexity index is 725. The van der Waals surface area contributed by atoms with E-state index in [9.17, 15) is 18.7 Å². The van der Waals surface area contributed by atoms with E-state index in [4.69, 9.17) is 4.42 Å². The summed E-state index contributed by atoms with van der Waals surface area (Å²) in [5.41, 5.74) is 1.10. The van der Waals surface area contributed by atoms with Crippen molar-refractivity contribution in [1.29, 1.82) is 0 Å². The van der Waals surface area contributed by atoms with Crippen LogP contribution < -0.4 is 5.32 Å². The number of aliphatic hydroxyl groups is 1. The topological polar surface area (TPSA) is 62.5 Å². The molecule has 0 radical (unpaired) electrons. The van der Waals surface area contributed by atoms with E-state index >= 15 is 0 Å². The lowest BCUT2D eigenvalue weighted by atomic mass is 9.99. The van der Waals surface area contributed by atoms with Gasteiger partial charge in [-0.1, -0.05) is 6.07 Å². The average molecular weight is 335 g/mol. The third kappa shape index (κ3) is 3.82. The molecule has 1 unspecified atom stereocenters. The summed E-state index contributed by atoms with van der Waals surface area (Å²) in [6.07, 6.45) is 3.91. The average Bonchev–Trinajstić information content (AvgIpc) is 3.31. The van der Waals surface area contributed by atoms with Gasteiger partial charge in [0.15, 0.2) is 11.6 Å². The summed E-state index contributed by atoms with van der Waals surface area (Å²) in [4.78, 5) is 12.3. The molecule has 1 aliphatic carbocycles. The number of rotatable bonds is 7. The van der Waals surface area contributed by atoms with Gasteiger partial charge in [0, 0.05) is 25.0 Å². The van der Waals surface area contributed by atoms with Crippen LogP contribution in [0.15, 0.2) is 34.9 Å². The Balaban J connectivity index is 1.58. The molecule has 1 atom stereocenters. The quantitative estimate of drug-likeness (QED) is 0.818. The van der Waals surface area contributed by atoms with Crippen LogP contribution >= 0.6 is 0 Å². The summed E-state index contributed by atoms with van der Waals surface area (Å²) in [6.45, 7) is 0.0732. The Kier molecular flexibility index (Phi) is 4.94. The zero-order valence-corrected chi connectivity index (χ0v) is 13.1. The van der Waals surface area contributed by atoms with E-state index in [2.05, 4.69) is 5.32 Å². The molecule has 1 fully saturated rings. The van der Waals surface area contributed by atoms with E-state index < -0.39 is 11.6 Å². The van der Waals surface area contributed by atoms with Crippen molar-refractivity contribution in [2.45, 2.75) is 25.2 Å². The van der Waals surface area contributed by atoms with E-state index in [-0.39, 0.29) is 25.0 Å². The molecule has 128 valence electrons. The molecule has 1 amide bonds. The number of carbonyl (C=O) groups excluding carboxylic acids is 1. The molecular weight excluding hydrogens is 316 g/mol.